The first kappa shape index (κ1) is 32.9. The van der Waals surface area contributed by atoms with Crippen LogP contribution >= 0.6 is 57.1 Å². The molecule has 7 rings (SSSR count). The number of benzene rings is 1. The van der Waals surface area contributed by atoms with Crippen LogP contribution in [0.25, 0.3) is 41.0 Å². The minimum Gasteiger partial charge on any atom is -0.0395 e. The van der Waals surface area contributed by atoms with Crippen molar-refractivity contribution >= 4 is 90.2 Å². The molecule has 0 spiro atoms. The summed E-state index contributed by atoms with van der Waals surface area (Å²) in [7, 11) is 0. The van der Waals surface area contributed by atoms with Gasteiger partial charge in [0.05, 0.1) is 0 Å². The molecule has 0 saturated carbocycles. The van der Waals surface area contributed by atoms with Gasteiger partial charge in [-0.2, -0.15) is 0 Å². The molecule has 46 heavy (non-hydrogen) atoms. The maximum absolute atomic E-state index is 4.91. The summed E-state index contributed by atoms with van der Waals surface area (Å²) >= 11 is 7.04. The van der Waals surface area contributed by atoms with E-state index in [0.29, 0.717) is 0 Å². The average Bonchev–Trinajstić information content (AvgIpc) is 3.88. The Hall–Kier alpha value is -1.62. The van der Waals surface area contributed by atoms with Crippen LogP contribution in [0.1, 0.15) is 91.7 Å². The molecule has 1 aliphatic rings. The Morgan fingerprint density at radius 3 is 2.22 bits per heavy atom. The predicted octanol–water partition coefficient (Wildman–Crippen LogP) is 12.2. The number of hydrogen-bond acceptors (Lipinski definition) is 7. The van der Waals surface area contributed by atoms with Gasteiger partial charge >= 0.3 is 206 Å². The number of aromatic nitrogens is 2. The first-order chi connectivity index (χ1) is 22.4. The summed E-state index contributed by atoms with van der Waals surface area (Å²) in [5.41, 5.74) is 7.82. The maximum atomic E-state index is 4.91. The molecule has 2 nitrogen and oxygen atoms in total. The van der Waals surface area contributed by atoms with Crippen LogP contribution in [0.15, 0.2) is 41.8 Å². The van der Waals surface area contributed by atoms with E-state index in [1.165, 1.54) is 122 Å². The Bertz CT molecular complexity index is 1970. The number of fused-ring (bicyclic) bond motifs is 4. The zero-order chi connectivity index (χ0) is 31.8. The van der Waals surface area contributed by atoms with E-state index in [2.05, 4.69) is 74.1 Å². The molecule has 0 radical (unpaired) electrons. The second-order valence-corrected chi connectivity index (χ2v) is 27.5. The van der Waals surface area contributed by atoms with Gasteiger partial charge in [0, 0.05) is 0 Å². The predicted molar refractivity (Wildman–Crippen MR) is 212 cm³/mol. The van der Waals surface area contributed by atoms with Crippen molar-refractivity contribution < 1.29 is 0 Å². The molecule has 0 N–H and O–H groups in total. The molecule has 1 aromatic carbocycles. The zero-order valence-corrected chi connectivity index (χ0v) is 33.9. The van der Waals surface area contributed by atoms with E-state index in [0.717, 1.165) is 17.5 Å². The van der Waals surface area contributed by atoms with Gasteiger partial charge in [-0.05, 0) is 29.9 Å². The monoisotopic (exact) mass is 762 g/mol. The molecular weight excluding hydrogens is 717 g/mol. The SMILES string of the molecule is CCCCCCc1csc(-c2cc(CCCCCC)c(Cc3ccc(-c4c[c]5c(s4)-c4sc(C)c[c]4[Ge]5([CH3])[CH3])c4nsnc34)s2)c1. The number of nitrogens with zero attached hydrogens (tertiary/aromatic N) is 2. The van der Waals surface area contributed by atoms with E-state index in [1.807, 2.05) is 45.3 Å². The third-order valence-corrected chi connectivity index (χ3v) is 23.0. The minimum atomic E-state index is -2.25. The molecule has 0 aliphatic carbocycles. The van der Waals surface area contributed by atoms with E-state index < -0.39 is 13.3 Å². The third-order valence-electron chi connectivity index (χ3n) is 9.67. The summed E-state index contributed by atoms with van der Waals surface area (Å²) in [5, 5.41) is 2.40. The molecule has 8 heteroatoms. The van der Waals surface area contributed by atoms with Gasteiger partial charge < -0.3 is 0 Å². The normalized spacial score (nSPS) is 13.6. The fourth-order valence-corrected chi connectivity index (χ4v) is 21.9. The molecule has 0 amide bonds. The van der Waals surface area contributed by atoms with Crippen LogP contribution in [0.3, 0.4) is 0 Å². The van der Waals surface area contributed by atoms with E-state index in [9.17, 15) is 0 Å². The zero-order valence-electron chi connectivity index (χ0n) is 27.8. The Labute approximate surface area is 297 Å². The molecular formula is C38H44GeN2S5. The molecule has 0 unspecified atom stereocenters. The Morgan fingerprint density at radius 1 is 0.674 bits per heavy atom. The molecule has 0 saturated heterocycles. The van der Waals surface area contributed by atoms with Crippen molar-refractivity contribution in [3.05, 3.63) is 68.2 Å². The molecule has 6 heterocycles. The smallest absolute Gasteiger partial charge is 0.0395 e. The number of thiophene rings is 4. The first-order valence-electron chi connectivity index (χ1n) is 17.1. The van der Waals surface area contributed by atoms with Crippen LogP contribution in [0.4, 0.5) is 0 Å². The second kappa shape index (κ2) is 14.1. The first-order valence-corrected chi connectivity index (χ1v) is 27.4. The van der Waals surface area contributed by atoms with Crippen molar-refractivity contribution in [3.8, 4) is 29.9 Å². The molecule has 240 valence electrons. The fraction of sp³-hybridized carbons (Fsp3) is 0.421. The van der Waals surface area contributed by atoms with Crippen LogP contribution in [0.2, 0.25) is 11.5 Å². The van der Waals surface area contributed by atoms with Crippen molar-refractivity contribution in [1.29, 1.82) is 0 Å². The number of hydrogen-bond donors (Lipinski definition) is 0. The Morgan fingerprint density at radius 2 is 1.41 bits per heavy atom. The maximum Gasteiger partial charge on any atom is -0.0395 e. The van der Waals surface area contributed by atoms with E-state index in [4.69, 9.17) is 8.75 Å². The summed E-state index contributed by atoms with van der Waals surface area (Å²) in [6.45, 7) is 6.85. The van der Waals surface area contributed by atoms with Crippen LogP contribution in [-0.2, 0) is 19.3 Å². The topological polar surface area (TPSA) is 25.8 Å². The van der Waals surface area contributed by atoms with E-state index in [1.54, 1.807) is 19.2 Å². The summed E-state index contributed by atoms with van der Waals surface area (Å²) < 4.78 is 13.2. The van der Waals surface area contributed by atoms with Crippen LogP contribution in [0, 0.1) is 6.92 Å². The molecule has 5 aromatic heterocycles. The minimum absolute atomic E-state index is 0.937. The van der Waals surface area contributed by atoms with Crippen molar-refractivity contribution in [1.82, 2.24) is 8.75 Å². The number of unbranched alkanes of at least 4 members (excludes halogenated alkanes) is 6. The molecule has 0 atom stereocenters. The van der Waals surface area contributed by atoms with Crippen molar-refractivity contribution in [2.24, 2.45) is 0 Å². The van der Waals surface area contributed by atoms with Crippen molar-refractivity contribution in [2.45, 2.75) is 103 Å². The number of aryl methyl sites for hydroxylation is 3. The van der Waals surface area contributed by atoms with Crippen LogP contribution in [-0.4, -0.2) is 22.0 Å². The van der Waals surface area contributed by atoms with Gasteiger partial charge in [0.15, 0.2) is 0 Å². The van der Waals surface area contributed by atoms with Gasteiger partial charge in [-0.25, -0.2) is 0 Å². The Balaban J connectivity index is 1.18. The molecule has 6 aromatic rings. The molecule has 0 bridgehead atoms. The summed E-state index contributed by atoms with van der Waals surface area (Å²) in [4.78, 5) is 10.3. The van der Waals surface area contributed by atoms with Crippen LogP contribution in [0.5, 0.6) is 0 Å². The molecule has 1 aliphatic heterocycles. The van der Waals surface area contributed by atoms with Gasteiger partial charge in [0.25, 0.3) is 0 Å². The largest absolute Gasteiger partial charge is 0.0395 e. The van der Waals surface area contributed by atoms with Crippen LogP contribution < -0.4 is 8.79 Å². The summed E-state index contributed by atoms with van der Waals surface area (Å²) in [6.07, 6.45) is 13.8. The molecule has 0 fully saturated rings. The standard InChI is InChI=1S/C38H44GeN2S5/c1-6-8-10-12-14-25-19-33(42-23-25)34-20-26(15-13-11-9-7-2)31(44-34)21-27-16-17-28(36-35(27)40-46-41-36)32-22-30-38(45-32)37-29(39(30,4)5)18-24(3)43-37/h16-20,22-23H,6-15,21H2,1-5H3. The fourth-order valence-electron chi connectivity index (χ4n) is 6.96. The quantitative estimate of drug-likeness (QED) is 0.0816. The van der Waals surface area contributed by atoms with E-state index in [-0.39, 0.29) is 0 Å². The van der Waals surface area contributed by atoms with Crippen molar-refractivity contribution in [2.75, 3.05) is 0 Å². The van der Waals surface area contributed by atoms with Gasteiger partial charge in [-0.15, -0.1) is 11.3 Å². The third kappa shape index (κ3) is 6.41. The van der Waals surface area contributed by atoms with Gasteiger partial charge in [0.1, 0.15) is 0 Å². The second-order valence-electron chi connectivity index (χ2n) is 13.5. The average molecular weight is 762 g/mol. The Kier molecular flexibility index (Phi) is 10.1. The van der Waals surface area contributed by atoms with Crippen molar-refractivity contribution in [3.63, 3.8) is 0 Å². The van der Waals surface area contributed by atoms with Gasteiger partial charge in [-0.1, -0.05) is 52.4 Å². The number of rotatable bonds is 14. The summed E-state index contributed by atoms with van der Waals surface area (Å²) in [5.74, 6) is 5.13. The summed E-state index contributed by atoms with van der Waals surface area (Å²) in [6, 6.07) is 14.7. The van der Waals surface area contributed by atoms with Gasteiger partial charge in [-0.3, -0.25) is 0 Å². The van der Waals surface area contributed by atoms with E-state index >= 15 is 0 Å². The van der Waals surface area contributed by atoms with Gasteiger partial charge in [0.2, 0.25) is 0 Å².